The zero-order valence-electron chi connectivity index (χ0n) is 14.0. The van der Waals surface area contributed by atoms with Gasteiger partial charge < -0.3 is 10.1 Å². The van der Waals surface area contributed by atoms with Crippen LogP contribution >= 0.6 is 0 Å². The van der Waals surface area contributed by atoms with Gasteiger partial charge in [0.25, 0.3) is 0 Å². The third-order valence-corrected chi connectivity index (χ3v) is 6.72. The second-order valence-corrected chi connectivity index (χ2v) is 8.33. The number of nitrogens with one attached hydrogen (secondary N) is 1. The topological polar surface area (TPSA) is 75.7 Å². The molecule has 1 aromatic carbocycles. The molecule has 25 heavy (non-hydrogen) atoms. The van der Waals surface area contributed by atoms with Gasteiger partial charge in [-0.1, -0.05) is 12.5 Å². The summed E-state index contributed by atoms with van der Waals surface area (Å²) in [5, 5.41) is 2.83. The summed E-state index contributed by atoms with van der Waals surface area (Å²) in [6.07, 6.45) is 2.63. The number of carbonyl (C=O) groups excluding carboxylic acids is 1. The molecule has 3 rings (SSSR count). The lowest BCUT2D eigenvalue weighted by molar-refractivity contribution is -0.126. The summed E-state index contributed by atoms with van der Waals surface area (Å²) >= 11 is 0. The number of sulfonamides is 1. The minimum Gasteiger partial charge on any atom is -0.380 e. The Labute approximate surface area is 147 Å². The molecule has 0 aromatic heterocycles. The van der Waals surface area contributed by atoms with Crippen LogP contribution < -0.4 is 5.32 Å². The Morgan fingerprint density at radius 3 is 2.84 bits per heavy atom. The second-order valence-electron chi connectivity index (χ2n) is 6.43. The van der Waals surface area contributed by atoms with Crippen LogP contribution in [0.25, 0.3) is 0 Å². The van der Waals surface area contributed by atoms with E-state index in [1.165, 1.54) is 22.5 Å². The highest BCUT2D eigenvalue weighted by Crippen LogP contribution is 2.34. The third kappa shape index (κ3) is 4.02. The zero-order valence-corrected chi connectivity index (χ0v) is 14.8. The van der Waals surface area contributed by atoms with E-state index in [-0.39, 0.29) is 23.3 Å². The van der Waals surface area contributed by atoms with E-state index in [2.05, 4.69) is 5.32 Å². The quantitative estimate of drug-likeness (QED) is 0.857. The van der Waals surface area contributed by atoms with Crippen LogP contribution in [0.1, 0.15) is 25.7 Å². The van der Waals surface area contributed by atoms with E-state index < -0.39 is 21.9 Å². The number of carbonyl (C=O) groups is 1. The number of hydrogen-bond acceptors (Lipinski definition) is 4. The average molecular weight is 370 g/mol. The predicted molar refractivity (Wildman–Crippen MR) is 89.9 cm³/mol. The number of ether oxygens (including phenoxy) is 1. The summed E-state index contributed by atoms with van der Waals surface area (Å²) in [5.41, 5.74) is 0. The number of nitrogens with zero attached hydrogens (tertiary/aromatic N) is 1. The van der Waals surface area contributed by atoms with Crippen LogP contribution in [0.3, 0.4) is 0 Å². The van der Waals surface area contributed by atoms with Gasteiger partial charge >= 0.3 is 0 Å². The summed E-state index contributed by atoms with van der Waals surface area (Å²) in [6.45, 7) is 1.52. The summed E-state index contributed by atoms with van der Waals surface area (Å²) in [6, 6.07) is 4.62. The van der Waals surface area contributed by atoms with Crippen molar-refractivity contribution in [2.75, 3.05) is 26.3 Å². The molecule has 138 valence electrons. The van der Waals surface area contributed by atoms with Crippen LogP contribution in [-0.4, -0.2) is 51.0 Å². The maximum Gasteiger partial charge on any atom is 0.243 e. The molecule has 8 heteroatoms. The van der Waals surface area contributed by atoms with Crippen LogP contribution in [0.2, 0.25) is 0 Å². The lowest BCUT2D eigenvalue weighted by Gasteiger charge is -2.31. The molecule has 1 heterocycles. The number of fused-ring (bicyclic) bond motifs is 1. The van der Waals surface area contributed by atoms with Crippen molar-refractivity contribution in [2.45, 2.75) is 36.6 Å². The first-order valence-corrected chi connectivity index (χ1v) is 10.1. The zero-order chi connectivity index (χ0) is 17.9. The molecular formula is C17H23FN2O4S. The van der Waals surface area contributed by atoms with E-state index in [1.807, 2.05) is 0 Å². The average Bonchev–Trinajstić information content (AvgIpc) is 3.04. The van der Waals surface area contributed by atoms with Crippen LogP contribution in [0.15, 0.2) is 29.2 Å². The normalized spacial score (nSPS) is 26.5. The van der Waals surface area contributed by atoms with Crippen molar-refractivity contribution in [1.82, 2.24) is 9.62 Å². The standard InChI is InChI=1S/C17H23FN2O4S/c18-13-4-1-5-14(12-13)25(22,23)20-9-3-10-24-11-8-19-17(21)15-6-2-7-16(15)20/h1,4-5,12,15-16H,2-3,6-11H2,(H,19,21)/t15-,16+/m1/s1. The Morgan fingerprint density at radius 2 is 2.04 bits per heavy atom. The number of amides is 1. The molecule has 0 spiro atoms. The van der Waals surface area contributed by atoms with Gasteiger partial charge in [-0.15, -0.1) is 0 Å². The highest BCUT2D eigenvalue weighted by Gasteiger charge is 2.42. The first-order valence-electron chi connectivity index (χ1n) is 8.63. The largest absolute Gasteiger partial charge is 0.380 e. The Morgan fingerprint density at radius 1 is 1.20 bits per heavy atom. The minimum absolute atomic E-state index is 0.0747. The molecule has 2 aliphatic rings. The fourth-order valence-electron chi connectivity index (χ4n) is 3.62. The molecule has 1 saturated carbocycles. The number of rotatable bonds is 2. The van der Waals surface area contributed by atoms with Gasteiger partial charge in [0.05, 0.1) is 17.4 Å². The van der Waals surface area contributed by atoms with E-state index in [9.17, 15) is 17.6 Å². The summed E-state index contributed by atoms with van der Waals surface area (Å²) in [4.78, 5) is 12.4. The fraction of sp³-hybridized carbons (Fsp3) is 0.588. The summed E-state index contributed by atoms with van der Waals surface area (Å²) in [5.74, 6) is -1.10. The molecule has 2 atom stereocenters. The lowest BCUT2D eigenvalue weighted by Crippen LogP contribution is -2.47. The van der Waals surface area contributed by atoms with E-state index in [0.717, 1.165) is 12.5 Å². The third-order valence-electron chi connectivity index (χ3n) is 4.80. The maximum absolute atomic E-state index is 13.5. The van der Waals surface area contributed by atoms with Crippen LogP contribution in [0, 0.1) is 11.7 Å². The van der Waals surface area contributed by atoms with Crippen molar-refractivity contribution in [3.8, 4) is 0 Å². The summed E-state index contributed by atoms with van der Waals surface area (Å²) < 4.78 is 46.6. The second kappa shape index (κ2) is 7.80. The van der Waals surface area contributed by atoms with E-state index in [0.29, 0.717) is 39.0 Å². The Hall–Kier alpha value is -1.51. The van der Waals surface area contributed by atoms with Crippen molar-refractivity contribution in [3.05, 3.63) is 30.1 Å². The van der Waals surface area contributed by atoms with Gasteiger partial charge in [-0.05, 0) is 37.5 Å². The monoisotopic (exact) mass is 370 g/mol. The number of hydrogen-bond donors (Lipinski definition) is 1. The minimum atomic E-state index is -3.88. The maximum atomic E-state index is 13.5. The van der Waals surface area contributed by atoms with Crippen molar-refractivity contribution < 1.29 is 22.3 Å². The highest BCUT2D eigenvalue weighted by molar-refractivity contribution is 7.89. The molecule has 6 nitrogen and oxygen atoms in total. The number of halogens is 1. The molecule has 1 N–H and O–H groups in total. The predicted octanol–water partition coefficient (Wildman–Crippen LogP) is 1.52. The molecular weight excluding hydrogens is 347 g/mol. The van der Waals surface area contributed by atoms with E-state index in [4.69, 9.17) is 4.74 Å². The molecule has 1 aliphatic carbocycles. The number of benzene rings is 1. The van der Waals surface area contributed by atoms with E-state index >= 15 is 0 Å². The molecule has 0 radical (unpaired) electrons. The molecule has 1 aromatic rings. The lowest BCUT2D eigenvalue weighted by atomic mass is 10.0. The molecule has 2 fully saturated rings. The summed E-state index contributed by atoms with van der Waals surface area (Å²) in [7, 11) is -3.88. The Balaban J connectivity index is 1.95. The highest BCUT2D eigenvalue weighted by atomic mass is 32.2. The van der Waals surface area contributed by atoms with Crippen molar-refractivity contribution in [3.63, 3.8) is 0 Å². The van der Waals surface area contributed by atoms with Gasteiger partial charge in [0.1, 0.15) is 5.82 Å². The van der Waals surface area contributed by atoms with Gasteiger partial charge in [-0.3, -0.25) is 4.79 Å². The van der Waals surface area contributed by atoms with Gasteiger partial charge in [0, 0.05) is 25.7 Å². The van der Waals surface area contributed by atoms with Crippen molar-refractivity contribution >= 4 is 15.9 Å². The molecule has 1 saturated heterocycles. The molecule has 0 bridgehead atoms. The van der Waals surface area contributed by atoms with Crippen LogP contribution in [0.5, 0.6) is 0 Å². The molecule has 1 amide bonds. The van der Waals surface area contributed by atoms with Crippen molar-refractivity contribution in [2.24, 2.45) is 5.92 Å². The van der Waals surface area contributed by atoms with Gasteiger partial charge in [0.15, 0.2) is 0 Å². The molecule has 1 aliphatic heterocycles. The van der Waals surface area contributed by atoms with Crippen molar-refractivity contribution in [1.29, 1.82) is 0 Å². The Kier molecular flexibility index (Phi) is 5.71. The molecule has 0 unspecified atom stereocenters. The Bertz CT molecular complexity index is 725. The van der Waals surface area contributed by atoms with Gasteiger partial charge in [-0.25, -0.2) is 12.8 Å². The van der Waals surface area contributed by atoms with Gasteiger partial charge in [-0.2, -0.15) is 4.31 Å². The SMILES string of the molecule is O=C1NCCOCCCN(S(=O)(=O)c2cccc(F)c2)[C@H]2CCC[C@@H]12. The van der Waals surface area contributed by atoms with Crippen LogP contribution in [-0.2, 0) is 19.6 Å². The van der Waals surface area contributed by atoms with Gasteiger partial charge in [0.2, 0.25) is 15.9 Å². The first kappa shape index (κ1) is 18.3. The first-order chi connectivity index (χ1) is 12.0. The smallest absolute Gasteiger partial charge is 0.243 e. The fourth-order valence-corrected chi connectivity index (χ4v) is 5.38. The van der Waals surface area contributed by atoms with Crippen LogP contribution in [0.4, 0.5) is 4.39 Å². The van der Waals surface area contributed by atoms with E-state index in [1.54, 1.807) is 0 Å².